The fraction of sp³-hybridized carbons (Fsp3) is 0.375. The lowest BCUT2D eigenvalue weighted by Crippen LogP contribution is -2.44. The molecular weight excluding hydrogens is 440 g/mol. The first-order valence-electron chi connectivity index (χ1n) is 11.3. The van der Waals surface area contributed by atoms with Gasteiger partial charge in [-0.2, -0.15) is 9.29 Å². The van der Waals surface area contributed by atoms with E-state index in [0.717, 1.165) is 12.1 Å². The molecular formula is C24H26N4O4S. The lowest BCUT2D eigenvalue weighted by Gasteiger charge is -2.32. The summed E-state index contributed by atoms with van der Waals surface area (Å²) in [6.45, 7) is 3.25. The Bertz CT molecular complexity index is 1280. The van der Waals surface area contributed by atoms with Crippen molar-refractivity contribution in [3.8, 4) is 11.4 Å². The van der Waals surface area contributed by atoms with E-state index >= 15 is 0 Å². The van der Waals surface area contributed by atoms with Crippen LogP contribution >= 0.6 is 0 Å². The van der Waals surface area contributed by atoms with E-state index < -0.39 is 10.0 Å². The van der Waals surface area contributed by atoms with E-state index in [9.17, 15) is 13.2 Å². The van der Waals surface area contributed by atoms with Crippen LogP contribution < -0.4 is 4.90 Å². The van der Waals surface area contributed by atoms with Gasteiger partial charge in [0.25, 0.3) is 0 Å². The smallest absolute Gasteiger partial charge is 0.243 e. The number of hydrogen-bond acceptors (Lipinski definition) is 6. The van der Waals surface area contributed by atoms with Crippen LogP contribution in [0.2, 0.25) is 0 Å². The van der Waals surface area contributed by atoms with Gasteiger partial charge in [-0.25, -0.2) is 8.42 Å². The average Bonchev–Trinajstić information content (AvgIpc) is 3.51. The fourth-order valence-corrected chi connectivity index (χ4v) is 6.11. The molecule has 8 nitrogen and oxygen atoms in total. The van der Waals surface area contributed by atoms with Crippen molar-refractivity contribution in [1.29, 1.82) is 0 Å². The molecule has 1 amide bonds. The molecule has 2 aliphatic heterocycles. The molecule has 1 aromatic heterocycles. The number of nitrogens with zero attached hydrogens (tertiary/aromatic N) is 4. The van der Waals surface area contributed by atoms with Crippen LogP contribution in [0.15, 0.2) is 57.9 Å². The van der Waals surface area contributed by atoms with E-state index in [1.165, 1.54) is 9.87 Å². The third kappa shape index (κ3) is 4.06. The standard InChI is InChI=1S/C24H26N4O4S/c1-2-22-25-23(26-32-22)19-7-5-8-20(16-19)33(30,31)27-13-10-18(11-14-27)24(29)28-15-12-17-6-3-4-9-21(17)28/h3-9,16,18H,2,10-15H2,1H3. The molecule has 0 spiro atoms. The monoisotopic (exact) mass is 466 g/mol. The van der Waals surface area contributed by atoms with Crippen LogP contribution in [-0.4, -0.2) is 48.4 Å². The lowest BCUT2D eigenvalue weighted by atomic mass is 9.96. The van der Waals surface area contributed by atoms with Crippen molar-refractivity contribution in [3.05, 3.63) is 60.0 Å². The molecule has 172 valence electrons. The first-order chi connectivity index (χ1) is 16.0. The van der Waals surface area contributed by atoms with Gasteiger partial charge >= 0.3 is 0 Å². The largest absolute Gasteiger partial charge is 0.339 e. The summed E-state index contributed by atoms with van der Waals surface area (Å²) in [5.41, 5.74) is 2.78. The number of sulfonamides is 1. The van der Waals surface area contributed by atoms with Crippen LogP contribution in [0.1, 0.15) is 31.2 Å². The van der Waals surface area contributed by atoms with Gasteiger partial charge < -0.3 is 9.42 Å². The van der Waals surface area contributed by atoms with Gasteiger partial charge in [0.05, 0.1) is 4.90 Å². The number of para-hydroxylation sites is 1. The predicted molar refractivity (Wildman–Crippen MR) is 123 cm³/mol. The first kappa shape index (κ1) is 21.8. The van der Waals surface area contributed by atoms with Gasteiger partial charge in [0, 0.05) is 43.2 Å². The zero-order valence-corrected chi connectivity index (χ0v) is 19.3. The van der Waals surface area contributed by atoms with Crippen molar-refractivity contribution in [1.82, 2.24) is 14.4 Å². The van der Waals surface area contributed by atoms with E-state index in [2.05, 4.69) is 16.2 Å². The van der Waals surface area contributed by atoms with Gasteiger partial charge in [0.2, 0.25) is 27.6 Å². The number of rotatable bonds is 5. The van der Waals surface area contributed by atoms with E-state index in [1.54, 1.807) is 24.3 Å². The Labute approximate surface area is 193 Å². The maximum atomic E-state index is 13.3. The van der Waals surface area contributed by atoms with Crippen molar-refractivity contribution in [2.24, 2.45) is 5.92 Å². The molecule has 3 heterocycles. The van der Waals surface area contributed by atoms with Crippen molar-refractivity contribution >= 4 is 21.6 Å². The van der Waals surface area contributed by atoms with Crippen molar-refractivity contribution in [2.75, 3.05) is 24.5 Å². The Kier molecular flexibility index (Phi) is 5.76. The summed E-state index contributed by atoms with van der Waals surface area (Å²) >= 11 is 0. The number of benzene rings is 2. The van der Waals surface area contributed by atoms with E-state index in [-0.39, 0.29) is 16.7 Å². The van der Waals surface area contributed by atoms with Gasteiger partial charge in [-0.15, -0.1) is 0 Å². The summed E-state index contributed by atoms with van der Waals surface area (Å²) in [7, 11) is -3.69. The predicted octanol–water partition coefficient (Wildman–Crippen LogP) is 3.29. The molecule has 2 aliphatic rings. The minimum atomic E-state index is -3.69. The first-order valence-corrected chi connectivity index (χ1v) is 12.7. The SMILES string of the molecule is CCc1nc(-c2cccc(S(=O)(=O)N3CCC(C(=O)N4CCc5ccccc54)CC3)c2)no1. The highest BCUT2D eigenvalue weighted by atomic mass is 32.2. The third-order valence-corrected chi connectivity index (χ3v) is 8.35. The van der Waals surface area contributed by atoms with Gasteiger partial charge in [-0.1, -0.05) is 42.4 Å². The molecule has 1 fully saturated rings. The summed E-state index contributed by atoms with van der Waals surface area (Å²) in [5.74, 6) is 0.813. The van der Waals surface area contributed by atoms with Gasteiger partial charge in [0.15, 0.2) is 0 Å². The van der Waals surface area contributed by atoms with Crippen molar-refractivity contribution in [2.45, 2.75) is 37.5 Å². The van der Waals surface area contributed by atoms with E-state index in [0.29, 0.717) is 56.2 Å². The minimum absolute atomic E-state index is 0.0998. The molecule has 9 heteroatoms. The Morgan fingerprint density at radius 3 is 2.64 bits per heavy atom. The summed E-state index contributed by atoms with van der Waals surface area (Å²) in [4.78, 5) is 19.5. The zero-order valence-electron chi connectivity index (χ0n) is 18.5. The molecule has 2 aromatic carbocycles. The van der Waals surface area contributed by atoms with Gasteiger partial charge in [-0.3, -0.25) is 4.79 Å². The Morgan fingerprint density at radius 1 is 1.09 bits per heavy atom. The number of hydrogen-bond donors (Lipinski definition) is 0. The van der Waals surface area contributed by atoms with Crippen LogP contribution in [0, 0.1) is 5.92 Å². The number of amides is 1. The molecule has 1 saturated heterocycles. The van der Waals surface area contributed by atoms with Crippen LogP contribution in [0.5, 0.6) is 0 Å². The Morgan fingerprint density at radius 2 is 1.88 bits per heavy atom. The molecule has 0 saturated carbocycles. The highest BCUT2D eigenvalue weighted by Gasteiger charge is 2.35. The maximum absolute atomic E-state index is 13.3. The average molecular weight is 467 g/mol. The summed E-state index contributed by atoms with van der Waals surface area (Å²) in [5, 5.41) is 3.94. The summed E-state index contributed by atoms with van der Waals surface area (Å²) in [6.07, 6.45) is 2.51. The van der Waals surface area contributed by atoms with Crippen LogP contribution in [0.3, 0.4) is 0 Å². The lowest BCUT2D eigenvalue weighted by molar-refractivity contribution is -0.123. The van der Waals surface area contributed by atoms with Crippen molar-refractivity contribution < 1.29 is 17.7 Å². The highest BCUT2D eigenvalue weighted by molar-refractivity contribution is 7.89. The van der Waals surface area contributed by atoms with E-state index in [4.69, 9.17) is 4.52 Å². The van der Waals surface area contributed by atoms with Crippen LogP contribution in [0.25, 0.3) is 11.4 Å². The highest BCUT2D eigenvalue weighted by Crippen LogP contribution is 2.32. The fourth-order valence-electron chi connectivity index (χ4n) is 4.59. The topological polar surface area (TPSA) is 96.6 Å². The Balaban J connectivity index is 1.28. The van der Waals surface area contributed by atoms with Crippen LogP contribution in [0.4, 0.5) is 5.69 Å². The molecule has 0 aliphatic carbocycles. The second-order valence-electron chi connectivity index (χ2n) is 8.44. The quantitative estimate of drug-likeness (QED) is 0.573. The molecule has 0 bridgehead atoms. The molecule has 0 unspecified atom stereocenters. The summed E-state index contributed by atoms with van der Waals surface area (Å²) in [6, 6.07) is 14.6. The third-order valence-electron chi connectivity index (χ3n) is 6.46. The number of piperidine rings is 1. The number of aromatic nitrogens is 2. The van der Waals surface area contributed by atoms with Gasteiger partial charge in [-0.05, 0) is 43.0 Å². The molecule has 0 atom stereocenters. The summed E-state index contributed by atoms with van der Waals surface area (Å²) < 4.78 is 33.2. The van der Waals surface area contributed by atoms with E-state index in [1.807, 2.05) is 30.0 Å². The minimum Gasteiger partial charge on any atom is -0.339 e. The molecule has 5 rings (SSSR count). The molecule has 33 heavy (non-hydrogen) atoms. The number of aryl methyl sites for hydroxylation is 1. The number of anilines is 1. The van der Waals surface area contributed by atoms with Crippen molar-refractivity contribution in [3.63, 3.8) is 0 Å². The zero-order chi connectivity index (χ0) is 23.0. The second-order valence-corrected chi connectivity index (χ2v) is 10.4. The van der Waals surface area contributed by atoms with Gasteiger partial charge in [0.1, 0.15) is 0 Å². The molecule has 3 aromatic rings. The normalized spacial score (nSPS) is 17.3. The number of carbonyl (C=O) groups is 1. The molecule has 0 radical (unpaired) electrons. The molecule has 0 N–H and O–H groups in total. The Hall–Kier alpha value is -3.04. The second kappa shape index (κ2) is 8.72. The maximum Gasteiger partial charge on any atom is 0.243 e. The number of carbonyl (C=O) groups excluding carboxylic acids is 1. The van der Waals surface area contributed by atoms with Crippen LogP contribution in [-0.2, 0) is 27.7 Å². The number of fused-ring (bicyclic) bond motifs is 1.